The van der Waals surface area contributed by atoms with E-state index in [-0.39, 0.29) is 12.5 Å². The average Bonchev–Trinajstić information content (AvgIpc) is 2.11. The topological polar surface area (TPSA) is 68.0 Å². The van der Waals surface area contributed by atoms with Crippen molar-refractivity contribution in [3.05, 3.63) is 21.4 Å². The lowest BCUT2D eigenvalue weighted by Gasteiger charge is -2.04. The number of halogens is 1. The van der Waals surface area contributed by atoms with Crippen LogP contribution in [0.3, 0.4) is 0 Å². The van der Waals surface area contributed by atoms with Gasteiger partial charge in [0.25, 0.3) is 0 Å². The second-order valence-electron chi connectivity index (χ2n) is 2.52. The number of nitrogens with two attached hydrogens (primary N) is 1. The number of rotatable bonds is 2. The van der Waals surface area contributed by atoms with E-state index in [1.165, 1.54) is 0 Å². The fourth-order valence-corrected chi connectivity index (χ4v) is 1.11. The number of nitrogens with one attached hydrogen (secondary N) is 1. The molecule has 1 heterocycles. The van der Waals surface area contributed by atoms with Gasteiger partial charge >= 0.3 is 0 Å². The van der Waals surface area contributed by atoms with Crippen molar-refractivity contribution in [2.45, 2.75) is 6.92 Å². The van der Waals surface area contributed by atoms with Gasteiger partial charge in [0.15, 0.2) is 0 Å². The second-order valence-corrected chi connectivity index (χ2v) is 3.68. The number of carbonyl (C=O) groups excluding carboxylic acids is 1. The first kappa shape index (κ1) is 10.4. The van der Waals surface area contributed by atoms with Crippen molar-refractivity contribution in [1.82, 2.24) is 4.98 Å². The highest BCUT2D eigenvalue weighted by atomic mass is 127. The van der Waals surface area contributed by atoms with Gasteiger partial charge in [-0.25, -0.2) is 4.98 Å². The summed E-state index contributed by atoms with van der Waals surface area (Å²) >= 11 is 2.18. The minimum atomic E-state index is -0.229. The Balaban J connectivity index is 2.79. The molecule has 0 aliphatic heterocycles. The van der Waals surface area contributed by atoms with Crippen molar-refractivity contribution >= 4 is 34.3 Å². The standard InChI is InChI=1S/C8H10IN3O/c1-5-6(9)2-3-7(11-5)12-8(13)4-10/h2-3H,4,10H2,1H3,(H,11,12,13). The van der Waals surface area contributed by atoms with Crippen LogP contribution in [0, 0.1) is 10.5 Å². The lowest BCUT2D eigenvalue weighted by Crippen LogP contribution is -2.22. The van der Waals surface area contributed by atoms with Gasteiger partial charge in [-0.2, -0.15) is 0 Å². The third kappa shape index (κ3) is 2.92. The zero-order valence-electron chi connectivity index (χ0n) is 7.17. The molecule has 1 rings (SSSR count). The number of amides is 1. The molecule has 70 valence electrons. The lowest BCUT2D eigenvalue weighted by atomic mass is 10.4. The predicted molar refractivity (Wildman–Crippen MR) is 59.4 cm³/mol. The van der Waals surface area contributed by atoms with Gasteiger partial charge in [-0.1, -0.05) is 0 Å². The molecule has 0 aromatic carbocycles. The summed E-state index contributed by atoms with van der Waals surface area (Å²) in [6, 6.07) is 3.65. The number of hydrogen-bond acceptors (Lipinski definition) is 3. The molecule has 0 fully saturated rings. The maximum absolute atomic E-state index is 10.9. The Bertz CT molecular complexity index is 327. The highest BCUT2D eigenvalue weighted by Crippen LogP contribution is 2.11. The first-order valence-electron chi connectivity index (χ1n) is 3.76. The Hall–Kier alpha value is -0.690. The van der Waals surface area contributed by atoms with Crippen molar-refractivity contribution in [1.29, 1.82) is 0 Å². The minimum Gasteiger partial charge on any atom is -0.322 e. The van der Waals surface area contributed by atoms with E-state index in [4.69, 9.17) is 5.73 Å². The van der Waals surface area contributed by atoms with Crippen molar-refractivity contribution in [3.63, 3.8) is 0 Å². The monoisotopic (exact) mass is 291 g/mol. The van der Waals surface area contributed by atoms with Gasteiger partial charge in [-0.3, -0.25) is 4.79 Å². The third-order valence-electron chi connectivity index (χ3n) is 1.47. The van der Waals surface area contributed by atoms with Crippen LogP contribution in [0.15, 0.2) is 12.1 Å². The first-order valence-corrected chi connectivity index (χ1v) is 4.84. The maximum atomic E-state index is 10.9. The quantitative estimate of drug-likeness (QED) is 0.795. The van der Waals surface area contributed by atoms with Crippen molar-refractivity contribution in [2.24, 2.45) is 5.73 Å². The molecular formula is C8H10IN3O. The summed E-state index contributed by atoms with van der Waals surface area (Å²) in [5.41, 5.74) is 6.05. The van der Waals surface area contributed by atoms with E-state index in [1.54, 1.807) is 6.07 Å². The van der Waals surface area contributed by atoms with Crippen LogP contribution in [0.25, 0.3) is 0 Å². The average molecular weight is 291 g/mol. The van der Waals surface area contributed by atoms with Gasteiger partial charge in [0.1, 0.15) is 5.82 Å². The number of aromatic nitrogens is 1. The Morgan fingerprint density at radius 2 is 2.38 bits per heavy atom. The molecule has 5 heteroatoms. The van der Waals surface area contributed by atoms with E-state index in [9.17, 15) is 4.79 Å². The Morgan fingerprint density at radius 1 is 1.69 bits per heavy atom. The summed E-state index contributed by atoms with van der Waals surface area (Å²) in [5, 5.41) is 2.58. The lowest BCUT2D eigenvalue weighted by molar-refractivity contribution is -0.114. The number of pyridine rings is 1. The minimum absolute atomic E-state index is 0.0211. The smallest absolute Gasteiger partial charge is 0.239 e. The third-order valence-corrected chi connectivity index (χ3v) is 2.61. The van der Waals surface area contributed by atoms with E-state index < -0.39 is 0 Å². The summed E-state index contributed by atoms with van der Waals surface area (Å²) in [6.45, 7) is 1.87. The summed E-state index contributed by atoms with van der Waals surface area (Å²) in [7, 11) is 0. The molecule has 0 spiro atoms. The van der Waals surface area contributed by atoms with Crippen molar-refractivity contribution in [3.8, 4) is 0 Å². The van der Waals surface area contributed by atoms with Crippen LogP contribution >= 0.6 is 22.6 Å². The number of nitrogens with zero attached hydrogens (tertiary/aromatic N) is 1. The molecule has 0 aliphatic carbocycles. The largest absolute Gasteiger partial charge is 0.322 e. The molecule has 0 saturated heterocycles. The van der Waals surface area contributed by atoms with Gasteiger partial charge in [-0.15, -0.1) is 0 Å². The molecule has 0 unspecified atom stereocenters. The second kappa shape index (κ2) is 4.52. The highest BCUT2D eigenvalue weighted by Gasteiger charge is 2.01. The fraction of sp³-hybridized carbons (Fsp3) is 0.250. The first-order chi connectivity index (χ1) is 6.13. The predicted octanol–water partition coefficient (Wildman–Crippen LogP) is 0.892. The Labute approximate surface area is 90.1 Å². The van der Waals surface area contributed by atoms with Crippen LogP contribution in [-0.2, 0) is 4.79 Å². The normalized spacial score (nSPS) is 9.77. The molecule has 1 aromatic rings. The Kier molecular flexibility index (Phi) is 3.61. The summed E-state index contributed by atoms with van der Waals surface area (Å²) < 4.78 is 1.07. The maximum Gasteiger partial charge on any atom is 0.239 e. The number of anilines is 1. The fourth-order valence-electron chi connectivity index (χ4n) is 0.808. The molecule has 0 aliphatic rings. The molecule has 4 nitrogen and oxygen atoms in total. The summed E-state index contributed by atoms with van der Waals surface area (Å²) in [6.07, 6.45) is 0. The van der Waals surface area contributed by atoms with Gasteiger partial charge in [-0.05, 0) is 41.6 Å². The molecule has 1 amide bonds. The van der Waals surface area contributed by atoms with Crippen LogP contribution < -0.4 is 11.1 Å². The van der Waals surface area contributed by atoms with Crippen LogP contribution in [0.1, 0.15) is 5.69 Å². The number of carbonyl (C=O) groups is 1. The van der Waals surface area contributed by atoms with Crippen molar-refractivity contribution in [2.75, 3.05) is 11.9 Å². The van der Waals surface area contributed by atoms with Gasteiger partial charge in [0, 0.05) is 3.57 Å². The molecule has 0 saturated carbocycles. The molecule has 0 bridgehead atoms. The van der Waals surface area contributed by atoms with Gasteiger partial charge in [0.05, 0.1) is 12.2 Å². The van der Waals surface area contributed by atoms with E-state index in [0.717, 1.165) is 9.26 Å². The number of hydrogen-bond donors (Lipinski definition) is 2. The van der Waals surface area contributed by atoms with E-state index in [1.807, 2.05) is 13.0 Å². The SMILES string of the molecule is Cc1nc(NC(=O)CN)ccc1I. The molecule has 13 heavy (non-hydrogen) atoms. The van der Waals surface area contributed by atoms with Crippen LogP contribution in [0.2, 0.25) is 0 Å². The van der Waals surface area contributed by atoms with Crippen LogP contribution in [0.5, 0.6) is 0 Å². The molecule has 3 N–H and O–H groups in total. The van der Waals surface area contributed by atoms with E-state index >= 15 is 0 Å². The summed E-state index contributed by atoms with van der Waals surface area (Å²) in [4.78, 5) is 15.1. The van der Waals surface area contributed by atoms with Gasteiger partial charge in [0.2, 0.25) is 5.91 Å². The molecule has 1 aromatic heterocycles. The highest BCUT2D eigenvalue weighted by molar-refractivity contribution is 14.1. The summed E-state index contributed by atoms with van der Waals surface area (Å²) in [5.74, 6) is 0.321. The molecular weight excluding hydrogens is 281 g/mol. The molecule has 0 atom stereocenters. The zero-order chi connectivity index (χ0) is 9.84. The van der Waals surface area contributed by atoms with Gasteiger partial charge < -0.3 is 11.1 Å². The van der Waals surface area contributed by atoms with E-state index in [2.05, 4.69) is 32.9 Å². The van der Waals surface area contributed by atoms with Crippen LogP contribution in [0.4, 0.5) is 5.82 Å². The Morgan fingerprint density at radius 3 is 2.92 bits per heavy atom. The van der Waals surface area contributed by atoms with Crippen molar-refractivity contribution < 1.29 is 4.79 Å². The van der Waals surface area contributed by atoms with E-state index in [0.29, 0.717) is 5.82 Å². The zero-order valence-corrected chi connectivity index (χ0v) is 9.33. The molecule has 0 radical (unpaired) electrons. The van der Waals surface area contributed by atoms with Crippen LogP contribution in [-0.4, -0.2) is 17.4 Å². The number of aryl methyl sites for hydroxylation is 1.